The van der Waals surface area contributed by atoms with Crippen molar-refractivity contribution in [2.24, 2.45) is 5.92 Å². The first-order valence-electron chi connectivity index (χ1n) is 8.81. The van der Waals surface area contributed by atoms with Gasteiger partial charge >= 0.3 is 0 Å². The summed E-state index contributed by atoms with van der Waals surface area (Å²) in [5, 5.41) is 0.838. The van der Waals surface area contributed by atoms with Crippen molar-refractivity contribution in [2.75, 3.05) is 6.61 Å². The molecule has 0 fully saturated rings. The van der Waals surface area contributed by atoms with E-state index in [-0.39, 0.29) is 5.56 Å². The predicted molar refractivity (Wildman–Crippen MR) is 102 cm³/mol. The Morgan fingerprint density at radius 1 is 1.36 bits per heavy atom. The maximum atomic E-state index is 12.9. The van der Waals surface area contributed by atoms with E-state index in [9.17, 15) is 4.79 Å². The Morgan fingerprint density at radius 3 is 3.04 bits per heavy atom. The number of nitrogens with zero attached hydrogens (tertiary/aromatic N) is 2. The Morgan fingerprint density at radius 2 is 2.20 bits per heavy atom. The fourth-order valence-electron chi connectivity index (χ4n) is 3.50. The van der Waals surface area contributed by atoms with Crippen LogP contribution in [0.4, 0.5) is 0 Å². The van der Waals surface area contributed by atoms with Gasteiger partial charge in [0.1, 0.15) is 17.2 Å². The molecular weight excluding hydrogens is 332 g/mol. The second-order valence-electron chi connectivity index (χ2n) is 6.89. The third-order valence-corrected chi connectivity index (χ3v) is 6.13. The van der Waals surface area contributed by atoms with Gasteiger partial charge in [-0.3, -0.25) is 9.36 Å². The molecule has 0 aliphatic heterocycles. The predicted octanol–water partition coefficient (Wildman–Crippen LogP) is 3.97. The number of hydrogen-bond acceptors (Lipinski definition) is 4. The topological polar surface area (TPSA) is 44.1 Å². The largest absolute Gasteiger partial charge is 0.491 e. The van der Waals surface area contributed by atoms with E-state index >= 15 is 0 Å². The third kappa shape index (κ3) is 3.09. The summed E-state index contributed by atoms with van der Waals surface area (Å²) in [5.74, 6) is 1.57. The molecule has 0 radical (unpaired) electrons. The standard InChI is InChI=1S/C20H22N2O2S/c1-13-7-8-15-17(11-13)25-19-18(15)20(23)22(12-21-19)9-10-24-16-6-4-3-5-14(16)2/h3-6,12-13H,7-11H2,1-2H3. The Hall–Kier alpha value is -2.14. The van der Waals surface area contributed by atoms with Crippen molar-refractivity contribution in [1.29, 1.82) is 0 Å². The number of para-hydroxylation sites is 1. The molecule has 0 N–H and O–H groups in total. The number of aromatic nitrogens is 2. The summed E-state index contributed by atoms with van der Waals surface area (Å²) < 4.78 is 7.52. The van der Waals surface area contributed by atoms with Gasteiger partial charge in [0.25, 0.3) is 5.56 Å². The molecule has 2 aromatic heterocycles. The van der Waals surface area contributed by atoms with Gasteiger partial charge in [-0.15, -0.1) is 11.3 Å². The summed E-state index contributed by atoms with van der Waals surface area (Å²) in [6.45, 7) is 5.27. The lowest BCUT2D eigenvalue weighted by molar-refractivity contribution is 0.294. The number of rotatable bonds is 4. The zero-order valence-corrected chi connectivity index (χ0v) is 15.4. The van der Waals surface area contributed by atoms with Crippen molar-refractivity contribution >= 4 is 21.6 Å². The van der Waals surface area contributed by atoms with Crippen molar-refractivity contribution in [3.05, 3.63) is 57.0 Å². The zero-order valence-electron chi connectivity index (χ0n) is 14.6. The molecule has 25 heavy (non-hydrogen) atoms. The monoisotopic (exact) mass is 354 g/mol. The molecule has 0 amide bonds. The molecule has 1 aliphatic rings. The number of thiophene rings is 1. The first kappa shape index (κ1) is 16.3. The Balaban J connectivity index is 1.57. The summed E-state index contributed by atoms with van der Waals surface area (Å²) >= 11 is 1.69. The van der Waals surface area contributed by atoms with Crippen LogP contribution in [0.25, 0.3) is 10.2 Å². The maximum Gasteiger partial charge on any atom is 0.262 e. The molecule has 0 spiro atoms. The van der Waals surface area contributed by atoms with Gasteiger partial charge in [0.15, 0.2) is 0 Å². The lowest BCUT2D eigenvalue weighted by atomic mass is 9.89. The fraction of sp³-hybridized carbons (Fsp3) is 0.400. The highest BCUT2D eigenvalue weighted by molar-refractivity contribution is 7.18. The van der Waals surface area contributed by atoms with E-state index < -0.39 is 0 Å². The summed E-state index contributed by atoms with van der Waals surface area (Å²) in [6, 6.07) is 7.93. The highest BCUT2D eigenvalue weighted by Gasteiger charge is 2.23. The molecule has 2 heterocycles. The molecule has 3 aromatic rings. The molecule has 130 valence electrons. The first-order valence-corrected chi connectivity index (χ1v) is 9.63. The fourth-order valence-corrected chi connectivity index (χ4v) is 4.84. The van der Waals surface area contributed by atoms with Gasteiger partial charge in [-0.25, -0.2) is 4.98 Å². The van der Waals surface area contributed by atoms with Crippen LogP contribution in [0.5, 0.6) is 5.75 Å². The third-order valence-electron chi connectivity index (χ3n) is 4.97. The van der Waals surface area contributed by atoms with Gasteiger partial charge in [0.2, 0.25) is 0 Å². The molecule has 4 nitrogen and oxygen atoms in total. The maximum absolute atomic E-state index is 12.9. The van der Waals surface area contributed by atoms with Crippen LogP contribution in [-0.2, 0) is 19.4 Å². The highest BCUT2D eigenvalue weighted by Crippen LogP contribution is 2.35. The van der Waals surface area contributed by atoms with Crippen molar-refractivity contribution in [2.45, 2.75) is 39.7 Å². The molecular formula is C20H22N2O2S. The average molecular weight is 354 g/mol. The second-order valence-corrected chi connectivity index (χ2v) is 7.97. The van der Waals surface area contributed by atoms with E-state index in [1.165, 1.54) is 10.4 Å². The lowest BCUT2D eigenvalue weighted by Gasteiger charge is -2.17. The number of hydrogen-bond donors (Lipinski definition) is 0. The molecule has 1 unspecified atom stereocenters. The number of fused-ring (bicyclic) bond motifs is 3. The minimum atomic E-state index is 0.0745. The van der Waals surface area contributed by atoms with Crippen LogP contribution in [-0.4, -0.2) is 16.2 Å². The van der Waals surface area contributed by atoms with E-state index in [4.69, 9.17) is 4.74 Å². The van der Waals surface area contributed by atoms with Gasteiger partial charge in [0, 0.05) is 4.88 Å². The Labute approximate surface area is 151 Å². The molecule has 4 rings (SSSR count). The minimum Gasteiger partial charge on any atom is -0.491 e. The van der Waals surface area contributed by atoms with Crippen molar-refractivity contribution < 1.29 is 4.74 Å². The van der Waals surface area contributed by atoms with Gasteiger partial charge in [-0.2, -0.15) is 0 Å². The summed E-state index contributed by atoms with van der Waals surface area (Å²) in [4.78, 5) is 19.7. The first-order chi connectivity index (χ1) is 12.1. The van der Waals surface area contributed by atoms with Crippen molar-refractivity contribution in [3.63, 3.8) is 0 Å². The van der Waals surface area contributed by atoms with Crippen LogP contribution in [0.15, 0.2) is 35.4 Å². The molecule has 0 saturated carbocycles. The SMILES string of the molecule is Cc1ccccc1OCCn1cnc2sc3c(c2c1=O)CCC(C)C3. The highest BCUT2D eigenvalue weighted by atomic mass is 32.1. The number of aryl methyl sites for hydroxylation is 2. The van der Waals surface area contributed by atoms with Gasteiger partial charge in [-0.1, -0.05) is 25.1 Å². The Kier molecular flexibility index (Phi) is 4.34. The summed E-state index contributed by atoms with van der Waals surface area (Å²) in [7, 11) is 0. The van der Waals surface area contributed by atoms with E-state index in [0.717, 1.165) is 40.8 Å². The van der Waals surface area contributed by atoms with Crippen LogP contribution < -0.4 is 10.3 Å². The summed E-state index contributed by atoms with van der Waals surface area (Å²) in [5.41, 5.74) is 2.42. The smallest absolute Gasteiger partial charge is 0.262 e. The van der Waals surface area contributed by atoms with Crippen LogP contribution in [0.2, 0.25) is 0 Å². The summed E-state index contributed by atoms with van der Waals surface area (Å²) in [6.07, 6.45) is 4.89. The average Bonchev–Trinajstić information content (AvgIpc) is 2.96. The molecule has 1 aliphatic carbocycles. The quantitative estimate of drug-likeness (QED) is 0.712. The van der Waals surface area contributed by atoms with Crippen molar-refractivity contribution in [1.82, 2.24) is 9.55 Å². The van der Waals surface area contributed by atoms with Crippen LogP contribution in [0.3, 0.4) is 0 Å². The molecule has 0 saturated heterocycles. The van der Waals surface area contributed by atoms with Gasteiger partial charge in [-0.05, 0) is 49.3 Å². The molecule has 0 bridgehead atoms. The van der Waals surface area contributed by atoms with E-state index in [0.29, 0.717) is 19.1 Å². The molecule has 5 heteroatoms. The molecule has 1 aromatic carbocycles. The molecule has 1 atom stereocenters. The van der Waals surface area contributed by atoms with Gasteiger partial charge in [0.05, 0.1) is 18.3 Å². The van der Waals surface area contributed by atoms with E-state index in [2.05, 4.69) is 11.9 Å². The number of benzene rings is 1. The van der Waals surface area contributed by atoms with Gasteiger partial charge < -0.3 is 4.74 Å². The lowest BCUT2D eigenvalue weighted by Crippen LogP contribution is -2.24. The van der Waals surface area contributed by atoms with E-state index in [1.54, 1.807) is 22.2 Å². The van der Waals surface area contributed by atoms with Crippen molar-refractivity contribution in [3.8, 4) is 5.75 Å². The number of ether oxygens (including phenoxy) is 1. The Bertz CT molecular complexity index is 973. The van der Waals surface area contributed by atoms with Crippen LogP contribution in [0, 0.1) is 12.8 Å². The normalized spacial score (nSPS) is 16.8. The van der Waals surface area contributed by atoms with E-state index in [1.807, 2.05) is 31.2 Å². The zero-order chi connectivity index (χ0) is 17.4. The van der Waals surface area contributed by atoms with Crippen LogP contribution in [0.1, 0.15) is 29.3 Å². The second kappa shape index (κ2) is 6.64. The minimum absolute atomic E-state index is 0.0745. The van der Waals surface area contributed by atoms with Crippen LogP contribution >= 0.6 is 11.3 Å².